The number of amides is 1. The Kier molecular flexibility index (Phi) is 5.56. The van der Waals surface area contributed by atoms with Crippen molar-refractivity contribution in [3.63, 3.8) is 0 Å². The molecule has 1 heterocycles. The number of rotatable bonds is 3. The van der Waals surface area contributed by atoms with Crippen LogP contribution in [0.15, 0.2) is 41.2 Å². The second kappa shape index (κ2) is 8.17. The molecule has 188 valence electrons. The van der Waals surface area contributed by atoms with E-state index in [1.165, 1.54) is 22.3 Å². The molecule has 0 saturated heterocycles. The minimum Gasteiger partial charge on any atom is -0.508 e. The Balaban J connectivity index is 1.75. The van der Waals surface area contributed by atoms with E-state index in [0.717, 1.165) is 10.4 Å². The molecule has 1 amide bonds. The Morgan fingerprint density at radius 3 is 2.44 bits per heavy atom. The van der Waals surface area contributed by atoms with Gasteiger partial charge >= 0.3 is 0 Å². The predicted octanol–water partition coefficient (Wildman–Crippen LogP) is 2.35. The van der Waals surface area contributed by atoms with E-state index in [2.05, 4.69) is 0 Å². The summed E-state index contributed by atoms with van der Waals surface area (Å²) in [6.45, 7) is 0. The third kappa shape index (κ3) is 3.18. The second-order valence-electron chi connectivity index (χ2n) is 9.55. The highest BCUT2D eigenvalue weighted by molar-refractivity contribution is 7.19. The maximum Gasteiger partial charge on any atom is 0.255 e. The van der Waals surface area contributed by atoms with Gasteiger partial charge in [0.25, 0.3) is 5.91 Å². The fourth-order valence-electron chi connectivity index (χ4n) is 5.93. The monoisotopic (exact) mass is 530 g/mol. The molecule has 4 atom stereocenters. The molecule has 0 bridgehead atoms. The van der Waals surface area contributed by atoms with Crippen LogP contribution in [0.4, 0.5) is 0 Å². The van der Waals surface area contributed by atoms with Crippen LogP contribution < -0.4 is 5.73 Å². The van der Waals surface area contributed by atoms with Gasteiger partial charge in [0.1, 0.15) is 22.8 Å². The fourth-order valence-corrected chi connectivity index (χ4v) is 7.03. The molecule has 6 N–H and O–H groups in total. The number of likely N-dealkylation sites (N-methyl/N-ethyl adjacent to an activating group) is 1. The molecule has 0 aliphatic heterocycles. The van der Waals surface area contributed by atoms with Gasteiger partial charge in [-0.3, -0.25) is 19.3 Å². The van der Waals surface area contributed by atoms with E-state index in [-0.39, 0.29) is 29.7 Å². The van der Waals surface area contributed by atoms with Crippen LogP contribution in [0.2, 0.25) is 4.34 Å². The van der Waals surface area contributed by atoms with Gasteiger partial charge in [0, 0.05) is 16.4 Å². The van der Waals surface area contributed by atoms with Crippen LogP contribution in [0.3, 0.4) is 0 Å². The largest absolute Gasteiger partial charge is 0.508 e. The molecule has 0 spiro atoms. The summed E-state index contributed by atoms with van der Waals surface area (Å²) in [5.74, 6) is -6.73. The second-order valence-corrected chi connectivity index (χ2v) is 11.3. The number of halogens is 1. The molecule has 3 aliphatic rings. The van der Waals surface area contributed by atoms with E-state index in [0.29, 0.717) is 9.90 Å². The van der Waals surface area contributed by atoms with Gasteiger partial charge in [0.2, 0.25) is 5.78 Å². The van der Waals surface area contributed by atoms with Crippen molar-refractivity contribution in [1.82, 2.24) is 4.90 Å². The molecular formula is C25H23ClN2O7S. The van der Waals surface area contributed by atoms with Crippen molar-refractivity contribution < 1.29 is 34.8 Å². The topological polar surface area (TPSA) is 161 Å². The Bertz CT molecular complexity index is 1430. The summed E-state index contributed by atoms with van der Waals surface area (Å²) in [7, 11) is 3.12. The van der Waals surface area contributed by atoms with Crippen LogP contribution in [-0.4, -0.2) is 68.5 Å². The minimum atomic E-state index is -2.65. The first-order chi connectivity index (χ1) is 16.9. The van der Waals surface area contributed by atoms with Crippen LogP contribution in [-0.2, 0) is 20.8 Å². The molecule has 1 aromatic heterocycles. The Labute approximate surface area is 214 Å². The number of carbonyl (C=O) groups excluding carboxylic acids is 3. The Hall–Kier alpha value is -3.18. The zero-order chi connectivity index (χ0) is 26.3. The van der Waals surface area contributed by atoms with E-state index in [4.69, 9.17) is 17.3 Å². The zero-order valence-corrected chi connectivity index (χ0v) is 20.9. The molecular weight excluding hydrogens is 508 g/mol. The molecule has 0 unspecified atom stereocenters. The molecule has 11 heteroatoms. The molecule has 9 nitrogen and oxygen atoms in total. The number of nitrogens with zero attached hydrogens (tertiary/aromatic N) is 1. The summed E-state index contributed by atoms with van der Waals surface area (Å²) in [5.41, 5.74) is 3.03. The highest BCUT2D eigenvalue weighted by Crippen LogP contribution is 2.54. The van der Waals surface area contributed by atoms with E-state index < -0.39 is 58.0 Å². The maximum absolute atomic E-state index is 13.8. The molecule has 36 heavy (non-hydrogen) atoms. The summed E-state index contributed by atoms with van der Waals surface area (Å²) in [5, 5.41) is 44.4. The number of thiophene rings is 1. The van der Waals surface area contributed by atoms with Crippen LogP contribution in [0.1, 0.15) is 17.5 Å². The average Bonchev–Trinajstić information content (AvgIpc) is 3.22. The lowest BCUT2D eigenvalue weighted by molar-refractivity contribution is -0.153. The SMILES string of the molecule is CN(C)[C@@H]1C(=O)C(C(N)=O)=C(O)[C@@]2(O)C(=O)C3=C(O)c4c(O)ccc(-c5ccc(Cl)s5)c4C[C@@H]3C[C@H]12. The Morgan fingerprint density at radius 1 is 1.17 bits per heavy atom. The number of hydrogen-bond acceptors (Lipinski definition) is 9. The lowest BCUT2D eigenvalue weighted by Gasteiger charge is -2.50. The molecule has 1 fully saturated rings. The highest BCUT2D eigenvalue weighted by Gasteiger charge is 2.64. The number of nitrogens with two attached hydrogens (primary N) is 1. The lowest BCUT2D eigenvalue weighted by Crippen LogP contribution is -2.65. The number of aliphatic hydroxyl groups is 3. The van der Waals surface area contributed by atoms with Crippen LogP contribution in [0.5, 0.6) is 5.75 Å². The van der Waals surface area contributed by atoms with Crippen LogP contribution in [0, 0.1) is 11.8 Å². The van der Waals surface area contributed by atoms with Gasteiger partial charge in [0.15, 0.2) is 11.4 Å². The van der Waals surface area contributed by atoms with Gasteiger partial charge in [-0.15, -0.1) is 11.3 Å². The lowest BCUT2D eigenvalue weighted by atomic mass is 9.57. The predicted molar refractivity (Wildman–Crippen MR) is 133 cm³/mol. The van der Waals surface area contributed by atoms with E-state index >= 15 is 0 Å². The number of carbonyl (C=O) groups is 3. The third-order valence-corrected chi connectivity index (χ3v) is 8.71. The van der Waals surface area contributed by atoms with Crippen molar-refractivity contribution in [3.05, 3.63) is 56.6 Å². The van der Waals surface area contributed by atoms with Crippen molar-refractivity contribution in [2.24, 2.45) is 17.6 Å². The van der Waals surface area contributed by atoms with E-state index in [1.807, 2.05) is 6.07 Å². The first kappa shape index (κ1) is 24.5. The quantitative estimate of drug-likeness (QED) is 0.378. The van der Waals surface area contributed by atoms with E-state index in [9.17, 15) is 34.8 Å². The van der Waals surface area contributed by atoms with Gasteiger partial charge in [-0.2, -0.15) is 0 Å². The van der Waals surface area contributed by atoms with Crippen molar-refractivity contribution in [3.8, 4) is 16.2 Å². The highest BCUT2D eigenvalue weighted by atomic mass is 35.5. The average molecular weight is 531 g/mol. The van der Waals surface area contributed by atoms with Gasteiger partial charge < -0.3 is 26.2 Å². The number of aliphatic hydroxyl groups excluding tert-OH is 2. The number of Topliss-reactive ketones (excluding diaryl/α,β-unsaturated/α-hetero) is 2. The smallest absolute Gasteiger partial charge is 0.255 e. The minimum absolute atomic E-state index is 0.0338. The number of fused-ring (bicyclic) bond motifs is 3. The van der Waals surface area contributed by atoms with E-state index in [1.54, 1.807) is 26.2 Å². The first-order valence-corrected chi connectivity index (χ1v) is 12.3. The van der Waals surface area contributed by atoms with Crippen molar-refractivity contribution in [2.45, 2.75) is 24.5 Å². The number of aromatic hydroxyl groups is 1. The van der Waals surface area contributed by atoms with Gasteiger partial charge in [-0.05, 0) is 68.2 Å². The fraction of sp³-hybridized carbons (Fsp3) is 0.320. The van der Waals surface area contributed by atoms with Gasteiger partial charge in [-0.1, -0.05) is 11.6 Å². The Morgan fingerprint density at radius 2 is 1.86 bits per heavy atom. The van der Waals surface area contributed by atoms with Crippen molar-refractivity contribution >= 4 is 46.2 Å². The normalized spacial score (nSPS) is 27.8. The maximum atomic E-state index is 13.8. The number of ketones is 2. The molecule has 1 aromatic carbocycles. The molecule has 5 rings (SSSR count). The van der Waals surface area contributed by atoms with Gasteiger partial charge in [0.05, 0.1) is 15.9 Å². The summed E-state index contributed by atoms with van der Waals surface area (Å²) < 4.78 is 0.558. The number of phenolic OH excluding ortho intramolecular Hbond substituents is 1. The first-order valence-electron chi connectivity index (χ1n) is 11.1. The number of primary amides is 1. The molecule has 2 aromatic rings. The van der Waals surface area contributed by atoms with Crippen LogP contribution >= 0.6 is 22.9 Å². The molecule has 3 aliphatic carbocycles. The van der Waals surface area contributed by atoms with Gasteiger partial charge in [-0.25, -0.2) is 0 Å². The standard InChI is InChI=1S/C25H23ClN2O7S/c1-28(2)19-12-8-9-7-11-10(14-5-6-15(26)36-14)3-4-13(29)17(11)20(30)16(9)22(32)25(12,35)23(33)18(21(19)31)24(27)34/h3-6,9,12,19,29-30,33,35H,7-8H2,1-2H3,(H2,27,34)/t9-,12-,19+,25+/m1/s1. The zero-order valence-electron chi connectivity index (χ0n) is 19.3. The molecule has 1 saturated carbocycles. The summed E-state index contributed by atoms with van der Waals surface area (Å²) in [6, 6.07) is 5.53. The summed E-state index contributed by atoms with van der Waals surface area (Å²) >= 11 is 7.44. The van der Waals surface area contributed by atoms with Crippen molar-refractivity contribution in [1.29, 1.82) is 0 Å². The summed E-state index contributed by atoms with van der Waals surface area (Å²) in [6.07, 6.45) is 0.250. The van der Waals surface area contributed by atoms with Crippen LogP contribution in [0.25, 0.3) is 16.2 Å². The number of phenols is 1. The third-order valence-electron chi connectivity index (χ3n) is 7.44. The number of hydrogen-bond donors (Lipinski definition) is 5. The number of benzene rings is 1. The summed E-state index contributed by atoms with van der Waals surface area (Å²) in [4.78, 5) is 41.3. The molecule has 0 radical (unpaired) electrons. The van der Waals surface area contributed by atoms with Crippen molar-refractivity contribution in [2.75, 3.05) is 14.1 Å².